The Bertz CT molecular complexity index is 2320. The zero-order valence-electron chi connectivity index (χ0n) is 22.5. The lowest BCUT2D eigenvalue weighted by Gasteiger charge is -2.17. The van der Waals surface area contributed by atoms with Gasteiger partial charge in [-0.1, -0.05) is 35.3 Å². The SMILES string of the molecule is COc1c(CNc2nc(=O)n(-c3cccc(O)c3F)c3cc(Cl)ccc23)ccc(-n2c(=O)[nH]c(=O)c3ccc(Cl)cc32)c1F. The molecule has 0 spiro atoms. The average Bonchev–Trinajstić information content (AvgIpc) is 2.98. The summed E-state index contributed by atoms with van der Waals surface area (Å²) in [5.41, 5.74) is -2.25. The number of halogens is 4. The van der Waals surface area contributed by atoms with Crippen LogP contribution in [0.1, 0.15) is 5.56 Å². The molecular weight excluding hydrogens is 619 g/mol. The number of fused-ring (bicyclic) bond motifs is 2. The van der Waals surface area contributed by atoms with Crippen LogP contribution in [0.5, 0.6) is 11.5 Å². The first-order valence-electron chi connectivity index (χ1n) is 12.8. The smallest absolute Gasteiger partial charge is 0.354 e. The van der Waals surface area contributed by atoms with Gasteiger partial charge in [0.25, 0.3) is 5.56 Å². The van der Waals surface area contributed by atoms with Crippen LogP contribution in [0.2, 0.25) is 10.0 Å². The average molecular weight is 638 g/mol. The number of phenols is 1. The lowest BCUT2D eigenvalue weighted by molar-refractivity contribution is 0.381. The van der Waals surface area contributed by atoms with Gasteiger partial charge in [-0.15, -0.1) is 0 Å². The van der Waals surface area contributed by atoms with E-state index >= 15 is 4.39 Å². The fourth-order valence-electron chi connectivity index (χ4n) is 5.00. The summed E-state index contributed by atoms with van der Waals surface area (Å²) in [6, 6.07) is 15.5. The molecule has 0 bridgehead atoms. The van der Waals surface area contributed by atoms with Crippen molar-refractivity contribution in [3.8, 4) is 22.9 Å². The highest BCUT2D eigenvalue weighted by Gasteiger charge is 2.21. The van der Waals surface area contributed by atoms with E-state index in [1.807, 2.05) is 0 Å². The first-order chi connectivity index (χ1) is 21.1. The molecule has 10 nitrogen and oxygen atoms in total. The molecule has 6 rings (SSSR count). The number of hydrogen-bond donors (Lipinski definition) is 3. The third-order valence-electron chi connectivity index (χ3n) is 6.97. The highest BCUT2D eigenvalue weighted by Crippen LogP contribution is 2.32. The number of benzene rings is 4. The second-order valence-corrected chi connectivity index (χ2v) is 10.4. The van der Waals surface area contributed by atoms with E-state index in [1.165, 1.54) is 55.6 Å². The van der Waals surface area contributed by atoms with Crippen LogP contribution in [0.4, 0.5) is 14.6 Å². The van der Waals surface area contributed by atoms with Crippen LogP contribution in [0, 0.1) is 11.6 Å². The molecule has 222 valence electrons. The van der Waals surface area contributed by atoms with Crippen molar-refractivity contribution in [3.05, 3.63) is 125 Å². The zero-order chi connectivity index (χ0) is 31.3. The number of anilines is 1. The lowest BCUT2D eigenvalue weighted by Crippen LogP contribution is -2.30. The minimum atomic E-state index is -1.02. The van der Waals surface area contributed by atoms with Crippen molar-refractivity contribution in [3.63, 3.8) is 0 Å². The number of H-pyrrole nitrogens is 1. The first-order valence-corrected chi connectivity index (χ1v) is 13.6. The summed E-state index contributed by atoms with van der Waals surface area (Å²) in [4.78, 5) is 44.6. The van der Waals surface area contributed by atoms with Crippen LogP contribution in [0.15, 0.2) is 81.1 Å². The number of aromatic amines is 1. The first kappa shape index (κ1) is 28.9. The maximum Gasteiger partial charge on any atom is 0.354 e. The Morgan fingerprint density at radius 2 is 1.55 bits per heavy atom. The molecule has 0 aliphatic heterocycles. The van der Waals surface area contributed by atoms with Gasteiger partial charge in [0.2, 0.25) is 0 Å². The van der Waals surface area contributed by atoms with Gasteiger partial charge >= 0.3 is 11.4 Å². The normalized spacial score (nSPS) is 11.3. The highest BCUT2D eigenvalue weighted by molar-refractivity contribution is 6.31. The molecule has 6 aromatic rings. The summed E-state index contributed by atoms with van der Waals surface area (Å²) in [7, 11) is 1.25. The molecule has 0 saturated heterocycles. The molecule has 2 heterocycles. The Labute approximate surface area is 255 Å². The molecule has 4 aromatic carbocycles. The number of phenolic OH excluding ortho intramolecular Hbond substituents is 1. The van der Waals surface area contributed by atoms with Crippen molar-refractivity contribution in [2.24, 2.45) is 0 Å². The van der Waals surface area contributed by atoms with Crippen molar-refractivity contribution in [1.82, 2.24) is 19.1 Å². The van der Waals surface area contributed by atoms with Crippen LogP contribution < -0.4 is 27.0 Å². The quantitative estimate of drug-likeness (QED) is 0.226. The second kappa shape index (κ2) is 11.1. The van der Waals surface area contributed by atoms with Gasteiger partial charge in [-0.05, 0) is 54.6 Å². The van der Waals surface area contributed by atoms with E-state index in [0.717, 1.165) is 15.2 Å². The number of rotatable bonds is 6. The molecule has 0 unspecified atom stereocenters. The van der Waals surface area contributed by atoms with Crippen molar-refractivity contribution >= 4 is 50.8 Å². The summed E-state index contributed by atoms with van der Waals surface area (Å²) in [5, 5.41) is 13.8. The summed E-state index contributed by atoms with van der Waals surface area (Å²) in [6.07, 6.45) is 0. The maximum atomic E-state index is 15.9. The summed E-state index contributed by atoms with van der Waals surface area (Å²) in [5.74, 6) is -2.70. The third-order valence-corrected chi connectivity index (χ3v) is 7.44. The summed E-state index contributed by atoms with van der Waals surface area (Å²) >= 11 is 12.3. The molecule has 0 aliphatic rings. The van der Waals surface area contributed by atoms with Gasteiger partial charge in [0.05, 0.1) is 34.9 Å². The maximum absolute atomic E-state index is 15.9. The Balaban J connectivity index is 1.44. The molecule has 3 N–H and O–H groups in total. The van der Waals surface area contributed by atoms with Crippen molar-refractivity contribution in [2.45, 2.75) is 6.54 Å². The number of aromatic nitrogens is 4. The Morgan fingerprint density at radius 3 is 2.25 bits per heavy atom. The summed E-state index contributed by atoms with van der Waals surface area (Å²) < 4.78 is 38.1. The molecule has 0 amide bonds. The fourth-order valence-corrected chi connectivity index (χ4v) is 5.33. The van der Waals surface area contributed by atoms with Crippen LogP contribution in [-0.2, 0) is 6.54 Å². The van der Waals surface area contributed by atoms with E-state index in [4.69, 9.17) is 27.9 Å². The van der Waals surface area contributed by atoms with Crippen LogP contribution in [0.3, 0.4) is 0 Å². The Morgan fingerprint density at radius 1 is 0.886 bits per heavy atom. The van der Waals surface area contributed by atoms with Crippen LogP contribution >= 0.6 is 23.2 Å². The van der Waals surface area contributed by atoms with Gasteiger partial charge in [-0.3, -0.25) is 18.9 Å². The molecule has 44 heavy (non-hydrogen) atoms. The molecule has 2 aromatic heterocycles. The van der Waals surface area contributed by atoms with Crippen molar-refractivity contribution in [1.29, 1.82) is 0 Å². The zero-order valence-corrected chi connectivity index (χ0v) is 24.0. The summed E-state index contributed by atoms with van der Waals surface area (Å²) in [6.45, 7) is -0.0951. The van der Waals surface area contributed by atoms with Crippen LogP contribution in [0.25, 0.3) is 33.2 Å². The fraction of sp³-hybridized carbons (Fsp3) is 0.0667. The van der Waals surface area contributed by atoms with Gasteiger partial charge in [0, 0.05) is 27.5 Å². The minimum absolute atomic E-state index is 0.0857. The van der Waals surface area contributed by atoms with Gasteiger partial charge in [-0.2, -0.15) is 4.98 Å². The van der Waals surface area contributed by atoms with Gasteiger partial charge in [-0.25, -0.2) is 18.4 Å². The standard InChI is InChI=1S/C30H19Cl2F2N5O5/c1-44-26-14(5-10-20(25(26)34)39-22-12-16(32)7-9-18(22)28(41)37-30(39)43)13-35-27-17-8-6-15(31)11-21(17)38(29(42)36-27)19-3-2-4-23(40)24(19)33/h2-12,40H,13H2,1H3,(H,35,36,42)(H,37,41,43). The second-order valence-electron chi connectivity index (χ2n) is 9.55. The van der Waals surface area contributed by atoms with E-state index in [0.29, 0.717) is 10.9 Å². The predicted molar refractivity (Wildman–Crippen MR) is 163 cm³/mol. The predicted octanol–water partition coefficient (Wildman–Crippen LogP) is 5.29. The van der Waals surface area contributed by atoms with E-state index in [-0.39, 0.29) is 56.0 Å². The number of ether oxygens (including phenoxy) is 1. The number of hydrogen-bond acceptors (Lipinski definition) is 7. The van der Waals surface area contributed by atoms with E-state index in [9.17, 15) is 23.9 Å². The molecule has 0 fully saturated rings. The van der Waals surface area contributed by atoms with Crippen LogP contribution in [-0.4, -0.2) is 31.3 Å². The lowest BCUT2D eigenvalue weighted by atomic mass is 10.1. The highest BCUT2D eigenvalue weighted by atomic mass is 35.5. The van der Waals surface area contributed by atoms with Crippen molar-refractivity contribution in [2.75, 3.05) is 12.4 Å². The topological polar surface area (TPSA) is 131 Å². The van der Waals surface area contributed by atoms with E-state index in [1.54, 1.807) is 12.1 Å². The van der Waals surface area contributed by atoms with Gasteiger partial charge < -0.3 is 15.2 Å². The molecule has 0 aliphatic carbocycles. The molecular formula is C30H19Cl2F2N5O5. The molecule has 0 atom stereocenters. The molecule has 0 saturated carbocycles. The number of aromatic hydroxyl groups is 1. The Hall–Kier alpha value is -5.20. The molecule has 0 radical (unpaired) electrons. The largest absolute Gasteiger partial charge is 0.505 e. The van der Waals surface area contributed by atoms with Gasteiger partial charge in [0.1, 0.15) is 5.82 Å². The minimum Gasteiger partial charge on any atom is -0.505 e. The number of methoxy groups -OCH3 is 1. The monoisotopic (exact) mass is 637 g/mol. The number of nitrogens with one attached hydrogen (secondary N) is 2. The van der Waals surface area contributed by atoms with E-state index in [2.05, 4.69) is 15.3 Å². The number of nitrogens with zero attached hydrogens (tertiary/aromatic N) is 3. The van der Waals surface area contributed by atoms with E-state index < -0.39 is 34.3 Å². The third kappa shape index (κ3) is 4.83. The van der Waals surface area contributed by atoms with Crippen molar-refractivity contribution < 1.29 is 18.6 Å². The Kier molecular flexibility index (Phi) is 7.31. The molecule has 14 heteroatoms. The van der Waals surface area contributed by atoms with Gasteiger partial charge in [0.15, 0.2) is 23.1 Å².